The summed E-state index contributed by atoms with van der Waals surface area (Å²) in [5.41, 5.74) is 12.1. The van der Waals surface area contributed by atoms with E-state index in [1.165, 1.54) is 143 Å². The fourth-order valence-electron chi connectivity index (χ4n) is 9.72. The second-order valence-electron chi connectivity index (χ2n) is 18.3. The van der Waals surface area contributed by atoms with Crippen molar-refractivity contribution < 1.29 is 8.83 Å². The predicted molar refractivity (Wildman–Crippen MR) is 277 cm³/mol. The number of hydrogen-bond acceptors (Lipinski definition) is 8. The maximum Gasteiger partial charge on any atom is 0.248 e. The molecule has 0 N–H and O–H groups in total. The van der Waals surface area contributed by atoms with Crippen LogP contribution in [-0.4, -0.2) is 20.4 Å². The summed E-state index contributed by atoms with van der Waals surface area (Å²) in [7, 11) is 0. The van der Waals surface area contributed by atoms with Crippen LogP contribution in [-0.2, 0) is 5.41 Å². The average molecular weight is 923 g/mol. The van der Waals surface area contributed by atoms with Crippen LogP contribution in [0.2, 0.25) is 0 Å². The zero-order chi connectivity index (χ0) is 46.0. The first kappa shape index (κ1) is 46.4. The van der Waals surface area contributed by atoms with Crippen LogP contribution >= 0.6 is 23.5 Å². The van der Waals surface area contributed by atoms with E-state index in [4.69, 9.17) is 8.83 Å². The van der Waals surface area contributed by atoms with Gasteiger partial charge in [0, 0.05) is 47.3 Å². The Morgan fingerprint density at radius 1 is 0.403 bits per heavy atom. The molecule has 0 spiro atoms. The van der Waals surface area contributed by atoms with Crippen molar-refractivity contribution in [2.24, 2.45) is 0 Å². The highest BCUT2D eigenvalue weighted by Gasteiger charge is 2.43. The summed E-state index contributed by atoms with van der Waals surface area (Å²) < 4.78 is 12.2. The number of benzene rings is 6. The van der Waals surface area contributed by atoms with E-state index < -0.39 is 0 Å². The van der Waals surface area contributed by atoms with Crippen LogP contribution in [0.3, 0.4) is 0 Å². The average Bonchev–Trinajstić information content (AvgIpc) is 4.12. The molecule has 0 fully saturated rings. The van der Waals surface area contributed by atoms with Crippen molar-refractivity contribution in [1.29, 1.82) is 0 Å². The molecule has 6 aromatic carbocycles. The smallest absolute Gasteiger partial charge is 0.248 e. The third-order valence-electron chi connectivity index (χ3n) is 13.4. The Morgan fingerprint density at radius 2 is 0.746 bits per heavy atom. The Kier molecular flexibility index (Phi) is 15.2. The number of aryl methyl sites for hydroxylation is 2. The minimum atomic E-state index is -0.0528. The molecule has 1 aliphatic rings. The van der Waals surface area contributed by atoms with Crippen LogP contribution in [0, 0.1) is 13.8 Å². The van der Waals surface area contributed by atoms with Crippen molar-refractivity contribution in [3.63, 3.8) is 0 Å². The normalized spacial score (nSPS) is 12.7. The van der Waals surface area contributed by atoms with E-state index in [1.807, 2.05) is 84.2 Å². The van der Waals surface area contributed by atoms with E-state index in [-0.39, 0.29) is 5.41 Å². The molecule has 8 heteroatoms. The van der Waals surface area contributed by atoms with Gasteiger partial charge in [0.2, 0.25) is 23.6 Å². The summed E-state index contributed by atoms with van der Waals surface area (Å²) in [6.07, 6.45) is 17.8. The monoisotopic (exact) mass is 922 g/mol. The Hall–Kier alpha value is -5.70. The molecule has 6 nitrogen and oxygen atoms in total. The van der Waals surface area contributed by atoms with Crippen molar-refractivity contribution >= 4 is 23.5 Å². The molecule has 0 saturated heterocycles. The van der Waals surface area contributed by atoms with Gasteiger partial charge in [0.15, 0.2) is 0 Å². The first-order valence-corrected chi connectivity index (χ1v) is 26.2. The van der Waals surface area contributed by atoms with Gasteiger partial charge in [-0.25, -0.2) is 0 Å². The Labute approximate surface area is 405 Å². The lowest BCUT2D eigenvalue weighted by molar-refractivity contribution is 0.397. The minimum Gasteiger partial charge on any atom is -0.416 e. The van der Waals surface area contributed by atoms with Gasteiger partial charge in [-0.1, -0.05) is 151 Å². The zero-order valence-corrected chi connectivity index (χ0v) is 41.2. The Balaban J connectivity index is 1.02. The fraction of sp³-hybridized carbons (Fsp3) is 0.322. The molecule has 0 atom stereocenters. The number of fused-ring (bicyclic) bond motifs is 3. The number of hydrogen-bond donors (Lipinski definition) is 0. The predicted octanol–water partition coefficient (Wildman–Crippen LogP) is 17.8. The molecule has 0 saturated carbocycles. The van der Waals surface area contributed by atoms with Gasteiger partial charge in [-0.15, -0.1) is 20.4 Å². The standard InChI is InChI=1S/C59H62N4O2S2/c1-5-7-9-11-13-21-35-59(36-22-14-12-10-8-6-2)51-39-53(66-47-31-27-45(28-32-47)57-62-60-55(64-57)43-23-17-15-18-24-43)41(3)37-49(51)50-38-42(4)54(40-52(50)59)67-48-33-29-46(30-34-48)58-63-61-56(65-58)44-25-19-16-20-26-44/h15-20,23-34,37-40H,5-14,21-22,35-36H2,1-4H3. The highest BCUT2D eigenvalue weighted by atomic mass is 32.2. The van der Waals surface area contributed by atoms with Gasteiger partial charge < -0.3 is 8.83 Å². The summed E-state index contributed by atoms with van der Waals surface area (Å²) in [6.45, 7) is 9.20. The maximum atomic E-state index is 6.10. The van der Waals surface area contributed by atoms with Gasteiger partial charge in [0.05, 0.1) is 0 Å². The van der Waals surface area contributed by atoms with Crippen LogP contribution in [0.15, 0.2) is 162 Å². The van der Waals surface area contributed by atoms with E-state index in [1.54, 1.807) is 0 Å². The number of unbranched alkanes of at least 4 members (excludes halogenated alkanes) is 10. The molecule has 67 heavy (non-hydrogen) atoms. The number of nitrogens with zero attached hydrogens (tertiary/aromatic N) is 4. The van der Waals surface area contributed by atoms with Crippen LogP contribution in [0.5, 0.6) is 0 Å². The summed E-state index contributed by atoms with van der Waals surface area (Å²) in [6, 6.07) is 47.2. The minimum absolute atomic E-state index is 0.0528. The van der Waals surface area contributed by atoms with E-state index in [0.717, 1.165) is 22.3 Å². The van der Waals surface area contributed by atoms with Gasteiger partial charge in [-0.3, -0.25) is 0 Å². The van der Waals surface area contributed by atoms with Gasteiger partial charge >= 0.3 is 0 Å². The molecule has 0 radical (unpaired) electrons. The van der Waals surface area contributed by atoms with Crippen LogP contribution in [0.1, 0.15) is 126 Å². The number of aromatic nitrogens is 4. The first-order valence-electron chi connectivity index (χ1n) is 24.6. The van der Waals surface area contributed by atoms with Crippen molar-refractivity contribution in [1.82, 2.24) is 20.4 Å². The molecule has 8 aromatic rings. The summed E-state index contributed by atoms with van der Waals surface area (Å²) in [5, 5.41) is 17.4. The van der Waals surface area contributed by atoms with Crippen LogP contribution < -0.4 is 0 Å². The van der Waals surface area contributed by atoms with Crippen LogP contribution in [0.4, 0.5) is 0 Å². The summed E-state index contributed by atoms with van der Waals surface area (Å²) >= 11 is 3.72. The topological polar surface area (TPSA) is 77.8 Å². The third kappa shape index (κ3) is 10.7. The van der Waals surface area contributed by atoms with Crippen LogP contribution in [0.25, 0.3) is 56.9 Å². The van der Waals surface area contributed by atoms with Crippen molar-refractivity contribution in [2.45, 2.75) is 143 Å². The van der Waals surface area contributed by atoms with Crippen molar-refractivity contribution in [3.8, 4) is 56.9 Å². The lowest BCUT2D eigenvalue weighted by Gasteiger charge is -2.34. The van der Waals surface area contributed by atoms with Crippen molar-refractivity contribution in [2.75, 3.05) is 0 Å². The van der Waals surface area contributed by atoms with E-state index >= 15 is 0 Å². The molecule has 0 aliphatic heterocycles. The van der Waals surface area contributed by atoms with Gasteiger partial charge in [0.1, 0.15) is 0 Å². The molecule has 2 heterocycles. The molecule has 0 unspecified atom stereocenters. The Morgan fingerprint density at radius 3 is 1.12 bits per heavy atom. The lowest BCUT2D eigenvalue weighted by Crippen LogP contribution is -2.26. The summed E-state index contributed by atoms with van der Waals surface area (Å²) in [5.74, 6) is 2.12. The van der Waals surface area contributed by atoms with E-state index in [0.29, 0.717) is 23.6 Å². The third-order valence-corrected chi connectivity index (χ3v) is 15.8. The van der Waals surface area contributed by atoms with E-state index in [2.05, 4.69) is 121 Å². The molecule has 342 valence electrons. The molecule has 9 rings (SSSR count). The molecular weight excluding hydrogens is 861 g/mol. The zero-order valence-electron chi connectivity index (χ0n) is 39.5. The quantitative estimate of drug-likeness (QED) is 0.0622. The lowest BCUT2D eigenvalue weighted by atomic mass is 9.70. The Bertz CT molecular complexity index is 2660. The van der Waals surface area contributed by atoms with Crippen molar-refractivity contribution in [3.05, 3.63) is 156 Å². The van der Waals surface area contributed by atoms with Gasteiger partial charge in [-0.05, 0) is 157 Å². The maximum absolute atomic E-state index is 6.10. The fourth-order valence-corrected chi connectivity index (χ4v) is 11.6. The first-order chi connectivity index (χ1) is 32.9. The SMILES string of the molecule is CCCCCCCCC1(CCCCCCCC)c2cc(Sc3ccc(-c4nnc(-c5ccccc5)o4)cc3)c(C)cc2-c2cc(C)c(Sc3ccc(-c4nnc(-c5ccccc5)o4)cc3)cc21. The molecule has 0 amide bonds. The van der Waals surface area contributed by atoms with Gasteiger partial charge in [0.25, 0.3) is 0 Å². The number of rotatable bonds is 22. The molecule has 1 aliphatic carbocycles. The second-order valence-corrected chi connectivity index (χ2v) is 20.5. The van der Waals surface area contributed by atoms with Gasteiger partial charge in [-0.2, -0.15) is 0 Å². The largest absolute Gasteiger partial charge is 0.416 e. The summed E-state index contributed by atoms with van der Waals surface area (Å²) in [4.78, 5) is 5.03. The molecular formula is C59H62N4O2S2. The molecule has 0 bridgehead atoms. The second kappa shape index (κ2) is 21.9. The molecule has 2 aromatic heterocycles. The van der Waals surface area contributed by atoms with E-state index in [9.17, 15) is 0 Å². The highest BCUT2D eigenvalue weighted by Crippen LogP contribution is 2.57. The highest BCUT2D eigenvalue weighted by molar-refractivity contribution is 7.99.